The quantitative estimate of drug-likeness (QED) is 0.621. The number of nitrogens with zero attached hydrogens (tertiary/aromatic N) is 2. The molecule has 1 aliphatic heterocycles. The zero-order valence-electron chi connectivity index (χ0n) is 8.92. The summed E-state index contributed by atoms with van der Waals surface area (Å²) < 4.78 is 7.13. The Morgan fingerprint density at radius 1 is 1.44 bits per heavy atom. The van der Waals surface area contributed by atoms with E-state index in [1.807, 2.05) is 28.7 Å². The van der Waals surface area contributed by atoms with E-state index in [0.29, 0.717) is 0 Å². The normalized spacial score (nSPS) is 15.8. The zero-order valence-corrected chi connectivity index (χ0v) is 11.7. The second-order valence-electron chi connectivity index (χ2n) is 3.30. The number of benzene rings is 1. The number of methoxy groups -OCH3 is 1. The summed E-state index contributed by atoms with van der Waals surface area (Å²) >= 11 is 6.66. The fourth-order valence-electron chi connectivity index (χ4n) is 1.55. The SMILES string of the molecule is COc1ccc(C2=NN(S[PH2]=S)CC2)cc1. The highest BCUT2D eigenvalue weighted by Gasteiger charge is 2.15. The first kappa shape index (κ1) is 12.0. The molecule has 0 aromatic heterocycles. The zero-order chi connectivity index (χ0) is 11.4. The molecule has 0 aliphatic carbocycles. The van der Waals surface area contributed by atoms with Gasteiger partial charge in [0, 0.05) is 13.0 Å². The van der Waals surface area contributed by atoms with Gasteiger partial charge < -0.3 is 4.74 Å². The maximum Gasteiger partial charge on any atom is 0.118 e. The predicted octanol–water partition coefficient (Wildman–Crippen LogP) is 2.54. The smallest absolute Gasteiger partial charge is 0.118 e. The Kier molecular flexibility index (Phi) is 4.27. The number of hydrazone groups is 1. The minimum atomic E-state index is 0.00332. The first-order chi connectivity index (χ1) is 7.83. The molecular weight excluding hydrogens is 259 g/mol. The van der Waals surface area contributed by atoms with Crippen molar-refractivity contribution < 1.29 is 4.74 Å². The van der Waals surface area contributed by atoms with E-state index in [9.17, 15) is 0 Å². The van der Waals surface area contributed by atoms with Gasteiger partial charge in [0.25, 0.3) is 0 Å². The summed E-state index contributed by atoms with van der Waals surface area (Å²) in [6.45, 7) is 0.971. The number of hydrogen-bond donors (Lipinski definition) is 0. The molecule has 0 amide bonds. The molecular formula is C10H13N2OPS2. The lowest BCUT2D eigenvalue weighted by Crippen LogP contribution is -1.99. The Hall–Kier alpha value is -0.510. The van der Waals surface area contributed by atoms with Crippen LogP contribution in [0.15, 0.2) is 29.4 Å². The molecule has 0 saturated carbocycles. The molecule has 1 heterocycles. The van der Waals surface area contributed by atoms with Crippen molar-refractivity contribution in [3.05, 3.63) is 29.8 Å². The van der Waals surface area contributed by atoms with E-state index >= 15 is 0 Å². The molecule has 0 spiro atoms. The van der Waals surface area contributed by atoms with Crippen LogP contribution in [0.2, 0.25) is 0 Å². The highest BCUT2D eigenvalue weighted by molar-refractivity contribution is 8.56. The molecule has 1 aromatic carbocycles. The Labute approximate surface area is 106 Å². The van der Waals surface area contributed by atoms with E-state index in [4.69, 9.17) is 16.5 Å². The van der Waals surface area contributed by atoms with Gasteiger partial charge >= 0.3 is 0 Å². The molecule has 86 valence electrons. The van der Waals surface area contributed by atoms with Crippen molar-refractivity contribution >= 4 is 35.6 Å². The van der Waals surface area contributed by atoms with E-state index in [1.165, 1.54) is 5.56 Å². The van der Waals surface area contributed by atoms with Crippen molar-refractivity contribution in [3.8, 4) is 5.75 Å². The van der Waals surface area contributed by atoms with Gasteiger partial charge in [0.15, 0.2) is 0 Å². The lowest BCUT2D eigenvalue weighted by Gasteiger charge is -2.06. The van der Waals surface area contributed by atoms with Crippen LogP contribution in [-0.4, -0.2) is 23.8 Å². The van der Waals surface area contributed by atoms with E-state index in [0.717, 1.165) is 24.4 Å². The molecule has 1 aliphatic rings. The van der Waals surface area contributed by atoms with Crippen LogP contribution in [0.4, 0.5) is 0 Å². The van der Waals surface area contributed by atoms with Crippen LogP contribution in [0.25, 0.3) is 0 Å². The van der Waals surface area contributed by atoms with E-state index in [1.54, 1.807) is 18.7 Å². The highest BCUT2D eigenvalue weighted by atomic mass is 32.9. The maximum atomic E-state index is 5.13. The summed E-state index contributed by atoms with van der Waals surface area (Å²) in [5.74, 6) is 0.878. The fourth-order valence-corrected chi connectivity index (χ4v) is 3.64. The Morgan fingerprint density at radius 3 is 2.81 bits per heavy atom. The first-order valence-corrected chi connectivity index (χ1v) is 9.07. The van der Waals surface area contributed by atoms with Crippen molar-refractivity contribution in [2.75, 3.05) is 13.7 Å². The summed E-state index contributed by atoms with van der Waals surface area (Å²) in [5, 5.41) is 4.53. The van der Waals surface area contributed by atoms with E-state index in [2.05, 4.69) is 5.10 Å². The molecule has 0 saturated heterocycles. The predicted molar refractivity (Wildman–Crippen MR) is 75.5 cm³/mol. The third-order valence-electron chi connectivity index (χ3n) is 2.36. The average Bonchev–Trinajstić information content (AvgIpc) is 2.78. The topological polar surface area (TPSA) is 24.8 Å². The average molecular weight is 272 g/mol. The molecule has 1 unspecified atom stereocenters. The van der Waals surface area contributed by atoms with Crippen molar-refractivity contribution in [3.63, 3.8) is 0 Å². The van der Waals surface area contributed by atoms with Gasteiger partial charge in [0.05, 0.1) is 19.4 Å². The van der Waals surface area contributed by atoms with E-state index in [-0.39, 0.29) is 6.56 Å². The van der Waals surface area contributed by atoms with Gasteiger partial charge in [-0.25, -0.2) is 4.41 Å². The summed E-state index contributed by atoms with van der Waals surface area (Å²) in [6.07, 6.45) is 0.994. The molecule has 1 aromatic rings. The molecule has 1 atom stereocenters. The van der Waals surface area contributed by atoms with Gasteiger partial charge in [0.1, 0.15) is 5.75 Å². The van der Waals surface area contributed by atoms with Crippen molar-refractivity contribution in [1.82, 2.24) is 4.41 Å². The van der Waals surface area contributed by atoms with E-state index < -0.39 is 0 Å². The van der Waals surface area contributed by atoms with Crippen LogP contribution >= 0.6 is 18.1 Å². The lowest BCUT2D eigenvalue weighted by molar-refractivity contribution is 0.415. The highest BCUT2D eigenvalue weighted by Crippen LogP contribution is 2.28. The largest absolute Gasteiger partial charge is 0.497 e. The molecule has 0 bridgehead atoms. The summed E-state index contributed by atoms with van der Waals surface area (Å²) in [4.78, 5) is 0. The third kappa shape index (κ3) is 2.78. The summed E-state index contributed by atoms with van der Waals surface area (Å²) in [5.41, 5.74) is 2.31. The number of hydrogen-bond acceptors (Lipinski definition) is 5. The molecule has 3 nitrogen and oxygen atoms in total. The minimum Gasteiger partial charge on any atom is -0.497 e. The van der Waals surface area contributed by atoms with Gasteiger partial charge in [-0.3, -0.25) is 0 Å². The second-order valence-corrected chi connectivity index (χ2v) is 7.07. The molecule has 6 heteroatoms. The maximum absolute atomic E-state index is 5.13. The van der Waals surface area contributed by atoms with Gasteiger partial charge in [0.2, 0.25) is 0 Å². The van der Waals surface area contributed by atoms with Crippen molar-refractivity contribution in [2.45, 2.75) is 6.42 Å². The van der Waals surface area contributed by atoms with Gasteiger partial charge in [-0.1, -0.05) is 11.8 Å². The Balaban J connectivity index is 2.12. The Bertz CT molecular complexity index is 408. The summed E-state index contributed by atoms with van der Waals surface area (Å²) in [6, 6.07) is 8.02. The fraction of sp³-hybridized carbons (Fsp3) is 0.300. The molecule has 16 heavy (non-hydrogen) atoms. The monoisotopic (exact) mass is 272 g/mol. The van der Waals surface area contributed by atoms with Crippen LogP contribution in [-0.2, 0) is 11.8 Å². The molecule has 2 rings (SSSR count). The standard InChI is InChI=1S/C10H13N2OPS2/c1-13-9-4-2-8(3-5-9)10-6-7-12(11-10)16-14-15/h2-5H,6-7,14H2,1H3. The summed E-state index contributed by atoms with van der Waals surface area (Å²) in [7, 11) is 1.67. The van der Waals surface area contributed by atoms with Crippen LogP contribution in [0.3, 0.4) is 0 Å². The molecule has 0 radical (unpaired) electrons. The van der Waals surface area contributed by atoms with Crippen LogP contribution in [0, 0.1) is 0 Å². The number of ether oxygens (including phenoxy) is 1. The lowest BCUT2D eigenvalue weighted by atomic mass is 10.1. The molecule has 0 N–H and O–H groups in total. The van der Waals surface area contributed by atoms with Gasteiger partial charge in [-0.15, -0.1) is 0 Å². The second kappa shape index (κ2) is 5.71. The minimum absolute atomic E-state index is 0.00332. The molecule has 0 fully saturated rings. The van der Waals surface area contributed by atoms with Gasteiger partial charge in [-0.2, -0.15) is 5.10 Å². The van der Waals surface area contributed by atoms with Crippen LogP contribution in [0.5, 0.6) is 5.75 Å². The third-order valence-corrected chi connectivity index (χ3v) is 4.72. The van der Waals surface area contributed by atoms with Crippen molar-refractivity contribution in [1.29, 1.82) is 0 Å². The first-order valence-electron chi connectivity index (χ1n) is 4.93. The van der Waals surface area contributed by atoms with Gasteiger partial charge in [-0.05, 0) is 41.4 Å². The van der Waals surface area contributed by atoms with Crippen LogP contribution < -0.4 is 4.74 Å². The van der Waals surface area contributed by atoms with Crippen molar-refractivity contribution in [2.24, 2.45) is 5.10 Å². The number of rotatable bonds is 4. The Morgan fingerprint density at radius 2 is 2.19 bits per heavy atom. The van der Waals surface area contributed by atoms with Crippen LogP contribution in [0.1, 0.15) is 12.0 Å².